The Morgan fingerprint density at radius 1 is 1.50 bits per heavy atom. The molecule has 0 unspecified atom stereocenters. The van der Waals surface area contributed by atoms with Gasteiger partial charge in [0, 0.05) is 18.3 Å². The highest BCUT2D eigenvalue weighted by Crippen LogP contribution is 2.17. The summed E-state index contributed by atoms with van der Waals surface area (Å²) in [5, 5.41) is 8.71. The number of rotatable bonds is 2. The Labute approximate surface area is 81.8 Å². The number of hydrogen-bond donors (Lipinski definition) is 1. The summed E-state index contributed by atoms with van der Waals surface area (Å²) in [5.74, 6) is 0. The van der Waals surface area contributed by atoms with Crippen LogP contribution in [0.3, 0.4) is 0 Å². The first-order valence-corrected chi connectivity index (χ1v) is 4.08. The maximum absolute atomic E-state index is 10.6. The number of anilines is 1. The first-order valence-electron chi connectivity index (χ1n) is 4.08. The van der Waals surface area contributed by atoms with Gasteiger partial charge in [0.25, 0.3) is 0 Å². The molecule has 4 heteroatoms. The Morgan fingerprint density at radius 2 is 2.14 bits per heavy atom. The van der Waals surface area contributed by atoms with Gasteiger partial charge in [0.1, 0.15) is 6.29 Å². The summed E-state index contributed by atoms with van der Waals surface area (Å²) < 4.78 is 0. The third-order valence-corrected chi connectivity index (χ3v) is 2.05. The van der Waals surface area contributed by atoms with Crippen LogP contribution in [0.4, 0.5) is 10.5 Å². The van der Waals surface area contributed by atoms with Crippen LogP contribution in [0.5, 0.6) is 0 Å². The van der Waals surface area contributed by atoms with Crippen molar-refractivity contribution < 1.29 is 14.7 Å². The van der Waals surface area contributed by atoms with Crippen molar-refractivity contribution in [1.29, 1.82) is 0 Å². The quantitative estimate of drug-likeness (QED) is 0.730. The molecule has 74 valence electrons. The van der Waals surface area contributed by atoms with Crippen molar-refractivity contribution in [3.05, 3.63) is 29.3 Å². The smallest absolute Gasteiger partial charge is 0.411 e. The molecule has 0 saturated heterocycles. The fourth-order valence-corrected chi connectivity index (χ4v) is 1.11. The third-order valence-electron chi connectivity index (χ3n) is 2.05. The topological polar surface area (TPSA) is 57.6 Å². The molecule has 4 nitrogen and oxygen atoms in total. The zero-order valence-electron chi connectivity index (χ0n) is 8.02. The molecule has 0 aliphatic rings. The number of nitrogens with zero attached hydrogens (tertiary/aromatic N) is 1. The average molecular weight is 193 g/mol. The molecule has 0 bridgehead atoms. The highest BCUT2D eigenvalue weighted by Gasteiger charge is 2.08. The molecule has 1 amide bonds. The average Bonchev–Trinajstić information content (AvgIpc) is 2.16. The van der Waals surface area contributed by atoms with Gasteiger partial charge in [-0.3, -0.25) is 9.69 Å². The Bertz CT molecular complexity index is 374. The molecule has 0 fully saturated rings. The van der Waals surface area contributed by atoms with Crippen LogP contribution in [0.1, 0.15) is 15.9 Å². The van der Waals surface area contributed by atoms with Crippen molar-refractivity contribution in [2.45, 2.75) is 6.92 Å². The van der Waals surface area contributed by atoms with E-state index in [9.17, 15) is 9.59 Å². The number of aldehydes is 1. The molecular formula is C10H11NO3. The summed E-state index contributed by atoms with van der Waals surface area (Å²) in [6.45, 7) is 1.77. The maximum Gasteiger partial charge on any atom is 0.411 e. The van der Waals surface area contributed by atoms with E-state index in [1.165, 1.54) is 7.05 Å². The second-order valence-electron chi connectivity index (χ2n) is 3.00. The minimum Gasteiger partial charge on any atom is -0.465 e. The zero-order valence-corrected chi connectivity index (χ0v) is 8.02. The number of hydrogen-bond acceptors (Lipinski definition) is 2. The molecule has 14 heavy (non-hydrogen) atoms. The molecule has 1 N–H and O–H groups in total. The van der Waals surface area contributed by atoms with Crippen molar-refractivity contribution in [3.63, 3.8) is 0 Å². The van der Waals surface area contributed by atoms with E-state index < -0.39 is 6.09 Å². The van der Waals surface area contributed by atoms with E-state index >= 15 is 0 Å². The normalized spacial score (nSPS) is 9.57. The maximum atomic E-state index is 10.6. The predicted molar refractivity (Wildman–Crippen MR) is 53.0 cm³/mol. The standard InChI is InChI=1S/C10H11NO3/c1-7-5-9(11(2)10(13)14)4-3-8(7)6-12/h3-6H,1-2H3,(H,13,14). The minimum absolute atomic E-state index is 0.556. The highest BCUT2D eigenvalue weighted by molar-refractivity contribution is 5.87. The number of carbonyl (C=O) groups excluding carboxylic acids is 1. The van der Waals surface area contributed by atoms with Crippen LogP contribution in [0.2, 0.25) is 0 Å². The molecule has 0 saturated carbocycles. The van der Waals surface area contributed by atoms with Crippen molar-refractivity contribution >= 4 is 18.1 Å². The van der Waals surface area contributed by atoms with Crippen LogP contribution in [-0.4, -0.2) is 24.5 Å². The molecule has 0 aliphatic heterocycles. The monoisotopic (exact) mass is 193 g/mol. The van der Waals surface area contributed by atoms with E-state index in [4.69, 9.17) is 5.11 Å². The molecule has 0 spiro atoms. The molecule has 0 aliphatic carbocycles. The van der Waals surface area contributed by atoms with Gasteiger partial charge >= 0.3 is 6.09 Å². The van der Waals surface area contributed by atoms with Gasteiger partial charge < -0.3 is 5.11 Å². The van der Waals surface area contributed by atoms with Crippen LogP contribution in [0.25, 0.3) is 0 Å². The first kappa shape index (κ1) is 10.2. The summed E-state index contributed by atoms with van der Waals surface area (Å²) in [4.78, 5) is 22.2. The summed E-state index contributed by atoms with van der Waals surface area (Å²) in [7, 11) is 1.46. The number of aryl methyl sites for hydroxylation is 1. The predicted octanol–water partition coefficient (Wildman–Crippen LogP) is 1.92. The van der Waals surface area contributed by atoms with Crippen LogP contribution >= 0.6 is 0 Å². The summed E-state index contributed by atoms with van der Waals surface area (Å²) in [6, 6.07) is 4.87. The van der Waals surface area contributed by atoms with Crippen molar-refractivity contribution in [1.82, 2.24) is 0 Å². The van der Waals surface area contributed by atoms with Gasteiger partial charge in [0.2, 0.25) is 0 Å². The lowest BCUT2D eigenvalue weighted by Gasteiger charge is -2.13. The Kier molecular flexibility index (Phi) is 2.86. The van der Waals surface area contributed by atoms with Gasteiger partial charge in [-0.25, -0.2) is 4.79 Å². The van der Waals surface area contributed by atoms with E-state index in [0.717, 1.165) is 16.7 Å². The second kappa shape index (κ2) is 3.91. The van der Waals surface area contributed by atoms with E-state index in [1.807, 2.05) is 0 Å². The second-order valence-corrected chi connectivity index (χ2v) is 3.00. The summed E-state index contributed by atoms with van der Waals surface area (Å²) >= 11 is 0. The van der Waals surface area contributed by atoms with E-state index in [-0.39, 0.29) is 0 Å². The van der Waals surface area contributed by atoms with Crippen LogP contribution in [0, 0.1) is 6.92 Å². The summed E-state index contributed by atoms with van der Waals surface area (Å²) in [6.07, 6.45) is -0.275. The van der Waals surface area contributed by atoms with Gasteiger partial charge in [-0.05, 0) is 30.7 Å². The van der Waals surface area contributed by atoms with Gasteiger partial charge in [0.05, 0.1) is 0 Å². The molecule has 1 rings (SSSR count). The van der Waals surface area contributed by atoms with Crippen molar-refractivity contribution in [3.8, 4) is 0 Å². The number of amides is 1. The molecule has 0 heterocycles. The molecule has 1 aromatic rings. The van der Waals surface area contributed by atoms with Crippen LogP contribution in [-0.2, 0) is 0 Å². The van der Waals surface area contributed by atoms with Gasteiger partial charge in [-0.2, -0.15) is 0 Å². The fraction of sp³-hybridized carbons (Fsp3) is 0.200. The van der Waals surface area contributed by atoms with E-state index in [1.54, 1.807) is 25.1 Å². The van der Waals surface area contributed by atoms with E-state index in [2.05, 4.69) is 0 Å². The van der Waals surface area contributed by atoms with Gasteiger partial charge in [-0.1, -0.05) is 0 Å². The Balaban J connectivity index is 3.08. The van der Waals surface area contributed by atoms with E-state index in [0.29, 0.717) is 11.3 Å². The van der Waals surface area contributed by atoms with Gasteiger partial charge in [0.15, 0.2) is 0 Å². The van der Waals surface area contributed by atoms with Crippen LogP contribution in [0.15, 0.2) is 18.2 Å². The lowest BCUT2D eigenvalue weighted by molar-refractivity contribution is 0.112. The zero-order chi connectivity index (χ0) is 10.7. The van der Waals surface area contributed by atoms with Crippen molar-refractivity contribution in [2.75, 3.05) is 11.9 Å². The fourth-order valence-electron chi connectivity index (χ4n) is 1.11. The molecular weight excluding hydrogens is 182 g/mol. The molecule has 0 atom stereocenters. The molecule has 0 radical (unpaired) electrons. The Morgan fingerprint density at radius 3 is 2.57 bits per heavy atom. The molecule has 1 aromatic carbocycles. The molecule has 0 aromatic heterocycles. The largest absolute Gasteiger partial charge is 0.465 e. The first-order chi connectivity index (χ1) is 6.56. The third kappa shape index (κ3) is 1.90. The number of benzene rings is 1. The SMILES string of the molecule is Cc1cc(N(C)C(=O)O)ccc1C=O. The lowest BCUT2D eigenvalue weighted by Crippen LogP contribution is -2.23. The Hall–Kier alpha value is -1.84. The van der Waals surface area contributed by atoms with Crippen LogP contribution < -0.4 is 4.90 Å². The number of carbonyl (C=O) groups is 2. The summed E-state index contributed by atoms with van der Waals surface area (Å²) in [5.41, 5.74) is 1.90. The lowest BCUT2D eigenvalue weighted by atomic mass is 10.1. The number of carboxylic acid groups (broad SMARTS) is 1. The van der Waals surface area contributed by atoms with Crippen molar-refractivity contribution in [2.24, 2.45) is 0 Å². The van der Waals surface area contributed by atoms with Gasteiger partial charge in [-0.15, -0.1) is 0 Å². The minimum atomic E-state index is -1.02. The highest BCUT2D eigenvalue weighted by atomic mass is 16.4.